The minimum absolute atomic E-state index is 0.0761. The maximum absolute atomic E-state index is 12.3. The molecule has 2 rings (SSSR count). The number of nitrogens with zero attached hydrogens (tertiary/aromatic N) is 1. The lowest BCUT2D eigenvalue weighted by molar-refractivity contribution is -0.149. The van der Waals surface area contributed by atoms with E-state index < -0.39 is 0 Å². The van der Waals surface area contributed by atoms with Gasteiger partial charge in [0.1, 0.15) is 0 Å². The van der Waals surface area contributed by atoms with Gasteiger partial charge in [0.05, 0.1) is 22.9 Å². The molecule has 2 heterocycles. The molecule has 7 heteroatoms. The van der Waals surface area contributed by atoms with Crippen molar-refractivity contribution < 1.29 is 14.3 Å². The molecular formula is C15H21ClN2O3S. The van der Waals surface area contributed by atoms with E-state index in [0.717, 1.165) is 4.88 Å². The van der Waals surface area contributed by atoms with Gasteiger partial charge in [0.2, 0.25) is 0 Å². The zero-order valence-electron chi connectivity index (χ0n) is 12.8. The zero-order chi connectivity index (χ0) is 16.1. The van der Waals surface area contributed by atoms with Crippen molar-refractivity contribution >= 4 is 34.9 Å². The monoisotopic (exact) mass is 344 g/mol. The zero-order valence-corrected chi connectivity index (χ0v) is 14.4. The van der Waals surface area contributed by atoms with Crippen molar-refractivity contribution in [1.29, 1.82) is 0 Å². The van der Waals surface area contributed by atoms with Crippen molar-refractivity contribution in [2.75, 3.05) is 19.7 Å². The number of halogens is 1. The van der Waals surface area contributed by atoms with E-state index in [1.807, 2.05) is 19.1 Å². The lowest BCUT2D eigenvalue weighted by Gasteiger charge is -2.31. The first kappa shape index (κ1) is 17.1. The van der Waals surface area contributed by atoms with E-state index in [-0.39, 0.29) is 24.0 Å². The van der Waals surface area contributed by atoms with Crippen molar-refractivity contribution in [2.24, 2.45) is 5.92 Å². The second-order valence-electron chi connectivity index (χ2n) is 5.33. The summed E-state index contributed by atoms with van der Waals surface area (Å²) in [5, 5.41) is 2.97. The molecule has 22 heavy (non-hydrogen) atoms. The number of carbonyl (C=O) groups is 2. The number of piperidine rings is 1. The van der Waals surface area contributed by atoms with Gasteiger partial charge in [0.15, 0.2) is 0 Å². The molecule has 0 spiro atoms. The normalized spacial score (nSPS) is 17.1. The van der Waals surface area contributed by atoms with Gasteiger partial charge >= 0.3 is 12.0 Å². The lowest BCUT2D eigenvalue weighted by atomic mass is 9.97. The van der Waals surface area contributed by atoms with E-state index in [2.05, 4.69) is 5.32 Å². The number of esters is 1. The molecule has 0 saturated carbocycles. The number of rotatable bonds is 4. The van der Waals surface area contributed by atoms with Gasteiger partial charge in [0, 0.05) is 18.0 Å². The van der Waals surface area contributed by atoms with Gasteiger partial charge < -0.3 is 15.0 Å². The molecule has 122 valence electrons. The van der Waals surface area contributed by atoms with E-state index in [1.165, 1.54) is 11.3 Å². The summed E-state index contributed by atoms with van der Waals surface area (Å²) in [6, 6.07) is 3.58. The molecular weight excluding hydrogens is 324 g/mol. The Kier molecular flexibility index (Phi) is 6.08. The van der Waals surface area contributed by atoms with Crippen molar-refractivity contribution in [1.82, 2.24) is 10.2 Å². The maximum Gasteiger partial charge on any atom is 0.317 e. The van der Waals surface area contributed by atoms with Crippen LogP contribution in [0.5, 0.6) is 0 Å². The third-order valence-corrected chi connectivity index (χ3v) is 5.18. The molecule has 0 radical (unpaired) electrons. The van der Waals surface area contributed by atoms with Gasteiger partial charge in [0.25, 0.3) is 0 Å². The molecule has 0 aliphatic carbocycles. The lowest BCUT2D eigenvalue weighted by Crippen LogP contribution is -2.46. The fourth-order valence-corrected chi connectivity index (χ4v) is 3.55. The standard InChI is InChI=1S/C15H21ClN2O3S/c1-3-21-14(19)11-6-8-18(9-7-11)15(20)17-10(2)12-4-5-13(16)22-12/h4-5,10-11H,3,6-9H2,1-2H3,(H,17,20). The molecule has 1 N–H and O–H groups in total. The number of hydrogen-bond donors (Lipinski definition) is 1. The van der Waals surface area contributed by atoms with Crippen LogP contribution in [0, 0.1) is 5.92 Å². The second kappa shape index (κ2) is 7.83. The summed E-state index contributed by atoms with van der Waals surface area (Å²) >= 11 is 7.38. The molecule has 1 aliphatic rings. The third-order valence-electron chi connectivity index (χ3n) is 3.76. The highest BCUT2D eigenvalue weighted by molar-refractivity contribution is 7.16. The van der Waals surface area contributed by atoms with Crippen LogP contribution in [-0.2, 0) is 9.53 Å². The quantitative estimate of drug-likeness (QED) is 0.851. The summed E-state index contributed by atoms with van der Waals surface area (Å²) in [4.78, 5) is 26.7. The predicted octanol–water partition coefficient (Wildman–Crippen LogP) is 3.45. The van der Waals surface area contributed by atoms with E-state index in [4.69, 9.17) is 16.3 Å². The van der Waals surface area contributed by atoms with Gasteiger partial charge in [-0.25, -0.2) is 4.79 Å². The fraction of sp³-hybridized carbons (Fsp3) is 0.600. The van der Waals surface area contributed by atoms with Crippen LogP contribution in [0.25, 0.3) is 0 Å². The van der Waals surface area contributed by atoms with Gasteiger partial charge in [-0.1, -0.05) is 11.6 Å². The molecule has 0 aromatic carbocycles. The van der Waals surface area contributed by atoms with Crippen LogP contribution in [0.2, 0.25) is 4.34 Å². The maximum atomic E-state index is 12.3. The van der Waals surface area contributed by atoms with E-state index >= 15 is 0 Å². The summed E-state index contributed by atoms with van der Waals surface area (Å²) in [7, 11) is 0. The Balaban J connectivity index is 1.81. The average molecular weight is 345 g/mol. The van der Waals surface area contributed by atoms with Crippen molar-refractivity contribution in [3.63, 3.8) is 0 Å². The summed E-state index contributed by atoms with van der Waals surface area (Å²) in [6.07, 6.45) is 1.32. The Morgan fingerprint density at radius 2 is 2.14 bits per heavy atom. The minimum Gasteiger partial charge on any atom is -0.466 e. The molecule has 1 aliphatic heterocycles. The molecule has 1 aromatic rings. The molecule has 1 aromatic heterocycles. The van der Waals surface area contributed by atoms with Crippen LogP contribution in [0.1, 0.15) is 37.6 Å². The number of thiophene rings is 1. The highest BCUT2D eigenvalue weighted by atomic mass is 35.5. The van der Waals surface area contributed by atoms with Crippen LogP contribution >= 0.6 is 22.9 Å². The Hall–Kier alpha value is -1.27. The Bertz CT molecular complexity index is 527. The SMILES string of the molecule is CCOC(=O)C1CCN(C(=O)NC(C)c2ccc(Cl)s2)CC1. The van der Waals surface area contributed by atoms with E-state index in [1.54, 1.807) is 11.8 Å². The first-order chi connectivity index (χ1) is 10.5. The molecule has 2 amide bonds. The van der Waals surface area contributed by atoms with Crippen LogP contribution in [0.4, 0.5) is 4.79 Å². The second-order valence-corrected chi connectivity index (χ2v) is 7.07. The predicted molar refractivity (Wildman–Crippen MR) is 87.2 cm³/mol. The van der Waals surface area contributed by atoms with Crippen LogP contribution in [0.15, 0.2) is 12.1 Å². The van der Waals surface area contributed by atoms with Crippen LogP contribution < -0.4 is 5.32 Å². The molecule has 1 saturated heterocycles. The Morgan fingerprint density at radius 1 is 1.45 bits per heavy atom. The topological polar surface area (TPSA) is 58.6 Å². The van der Waals surface area contributed by atoms with Crippen LogP contribution in [-0.4, -0.2) is 36.6 Å². The smallest absolute Gasteiger partial charge is 0.317 e. The highest BCUT2D eigenvalue weighted by Crippen LogP contribution is 2.27. The van der Waals surface area contributed by atoms with Crippen molar-refractivity contribution in [3.8, 4) is 0 Å². The van der Waals surface area contributed by atoms with Crippen molar-refractivity contribution in [2.45, 2.75) is 32.7 Å². The van der Waals surface area contributed by atoms with Crippen molar-refractivity contribution in [3.05, 3.63) is 21.3 Å². The number of nitrogens with one attached hydrogen (secondary N) is 1. The molecule has 1 fully saturated rings. The largest absolute Gasteiger partial charge is 0.466 e. The minimum atomic E-state index is -0.149. The van der Waals surface area contributed by atoms with Gasteiger partial charge in [-0.3, -0.25) is 4.79 Å². The summed E-state index contributed by atoms with van der Waals surface area (Å²) in [5.74, 6) is -0.235. The van der Waals surface area contributed by atoms with E-state index in [9.17, 15) is 9.59 Å². The number of hydrogen-bond acceptors (Lipinski definition) is 4. The molecule has 5 nitrogen and oxygen atoms in total. The third kappa shape index (κ3) is 4.36. The molecule has 1 atom stereocenters. The number of urea groups is 1. The molecule has 1 unspecified atom stereocenters. The van der Waals surface area contributed by atoms with Gasteiger partial charge in [-0.15, -0.1) is 11.3 Å². The summed E-state index contributed by atoms with van der Waals surface area (Å²) < 4.78 is 5.75. The van der Waals surface area contributed by atoms with E-state index in [0.29, 0.717) is 36.9 Å². The number of ether oxygens (including phenoxy) is 1. The highest BCUT2D eigenvalue weighted by Gasteiger charge is 2.28. The van der Waals surface area contributed by atoms with Gasteiger partial charge in [-0.05, 0) is 38.8 Å². The Labute approximate surface area is 139 Å². The summed E-state index contributed by atoms with van der Waals surface area (Å²) in [5.41, 5.74) is 0. The Morgan fingerprint density at radius 3 is 2.68 bits per heavy atom. The number of amides is 2. The number of likely N-dealkylation sites (tertiary alicyclic amines) is 1. The molecule has 0 bridgehead atoms. The fourth-order valence-electron chi connectivity index (χ4n) is 2.49. The number of carbonyl (C=O) groups excluding carboxylic acids is 2. The first-order valence-corrected chi connectivity index (χ1v) is 8.68. The first-order valence-electron chi connectivity index (χ1n) is 7.48. The van der Waals surface area contributed by atoms with Crippen LogP contribution in [0.3, 0.4) is 0 Å². The average Bonchev–Trinajstić information content (AvgIpc) is 2.94. The summed E-state index contributed by atoms with van der Waals surface area (Å²) in [6.45, 7) is 5.30. The van der Waals surface area contributed by atoms with Gasteiger partial charge in [-0.2, -0.15) is 0 Å².